The van der Waals surface area contributed by atoms with Crippen molar-refractivity contribution in [1.29, 1.82) is 0 Å². The average Bonchev–Trinajstić information content (AvgIpc) is 3.44. The molecule has 0 aliphatic carbocycles. The van der Waals surface area contributed by atoms with Crippen molar-refractivity contribution in [3.8, 4) is 0 Å². The van der Waals surface area contributed by atoms with Crippen molar-refractivity contribution in [3.63, 3.8) is 0 Å². The van der Waals surface area contributed by atoms with Crippen LogP contribution in [-0.2, 0) is 19.1 Å². The normalized spacial score (nSPS) is 15.6. The molecule has 0 spiro atoms. The number of carbonyl (C=O) groups excluding carboxylic acids is 3. The molecule has 2 N–H and O–H groups in total. The van der Waals surface area contributed by atoms with Crippen molar-refractivity contribution >= 4 is 39.9 Å². The summed E-state index contributed by atoms with van der Waals surface area (Å²) in [4.78, 5) is 42.4. The summed E-state index contributed by atoms with van der Waals surface area (Å²) in [5, 5.41) is 7.56. The van der Waals surface area contributed by atoms with E-state index in [9.17, 15) is 18.8 Å². The fourth-order valence-corrected chi connectivity index (χ4v) is 3.54. The fraction of sp³-hybridized carbons (Fsp3) is 0.400. The highest BCUT2D eigenvalue weighted by Gasteiger charge is 2.22. The van der Waals surface area contributed by atoms with Gasteiger partial charge in [-0.1, -0.05) is 0 Å². The third-order valence-electron chi connectivity index (χ3n) is 4.54. The molecule has 1 atom stereocenters. The summed E-state index contributed by atoms with van der Waals surface area (Å²) < 4.78 is 18.8. The van der Waals surface area contributed by atoms with E-state index in [0.717, 1.165) is 12.8 Å². The standard InChI is InChI=1S/C20H23FN4O4S/c21-14-3-5-15(6-4-14)25(13-18(27)23-12-16-2-1-10-29-16)19(28)8-7-17(26)24-20-22-9-11-30-20/h3-6,9,11,16H,1-2,7-8,10,12-13H2,(H,23,27)(H,22,24,26)/t16-/m0/s1. The van der Waals surface area contributed by atoms with E-state index in [-0.39, 0.29) is 37.3 Å². The summed E-state index contributed by atoms with van der Waals surface area (Å²) in [6.07, 6.45) is 3.23. The summed E-state index contributed by atoms with van der Waals surface area (Å²) in [7, 11) is 0. The van der Waals surface area contributed by atoms with Crippen molar-refractivity contribution < 1.29 is 23.5 Å². The molecule has 1 aromatic heterocycles. The molecule has 1 aromatic carbocycles. The van der Waals surface area contributed by atoms with E-state index in [1.807, 2.05) is 0 Å². The van der Waals surface area contributed by atoms with Gasteiger partial charge in [0.25, 0.3) is 0 Å². The second-order valence-electron chi connectivity index (χ2n) is 6.78. The van der Waals surface area contributed by atoms with Gasteiger partial charge in [-0.3, -0.25) is 14.4 Å². The molecule has 0 radical (unpaired) electrons. The van der Waals surface area contributed by atoms with Gasteiger partial charge >= 0.3 is 0 Å². The van der Waals surface area contributed by atoms with Crippen LogP contribution in [0.3, 0.4) is 0 Å². The monoisotopic (exact) mass is 434 g/mol. The minimum Gasteiger partial charge on any atom is -0.376 e. The summed E-state index contributed by atoms with van der Waals surface area (Å²) >= 11 is 1.28. The highest BCUT2D eigenvalue weighted by atomic mass is 32.1. The molecule has 1 aliphatic rings. The number of anilines is 2. The lowest BCUT2D eigenvalue weighted by atomic mass is 10.2. The van der Waals surface area contributed by atoms with Crippen LogP contribution in [0.4, 0.5) is 15.2 Å². The Labute approximate surface area is 177 Å². The van der Waals surface area contributed by atoms with Gasteiger partial charge in [-0.25, -0.2) is 9.37 Å². The van der Waals surface area contributed by atoms with Crippen molar-refractivity contribution in [2.75, 3.05) is 29.9 Å². The fourth-order valence-electron chi connectivity index (χ4n) is 3.00. The van der Waals surface area contributed by atoms with Crippen molar-refractivity contribution in [3.05, 3.63) is 41.7 Å². The Morgan fingerprint density at radius 3 is 2.67 bits per heavy atom. The molecule has 0 saturated carbocycles. The van der Waals surface area contributed by atoms with E-state index in [1.54, 1.807) is 11.6 Å². The van der Waals surface area contributed by atoms with Crippen LogP contribution in [0, 0.1) is 5.82 Å². The zero-order chi connectivity index (χ0) is 21.3. The Bertz CT molecular complexity index is 854. The average molecular weight is 434 g/mol. The third kappa shape index (κ3) is 6.60. The number of hydrogen-bond donors (Lipinski definition) is 2. The lowest BCUT2D eigenvalue weighted by molar-refractivity contribution is -0.125. The molecule has 1 aliphatic heterocycles. The van der Waals surface area contributed by atoms with Gasteiger partial charge in [-0.2, -0.15) is 0 Å². The van der Waals surface area contributed by atoms with Crippen molar-refractivity contribution in [1.82, 2.24) is 10.3 Å². The van der Waals surface area contributed by atoms with Crippen LogP contribution >= 0.6 is 11.3 Å². The van der Waals surface area contributed by atoms with Crippen LogP contribution in [-0.4, -0.2) is 48.5 Å². The minimum absolute atomic E-state index is 0.0153. The van der Waals surface area contributed by atoms with Gasteiger partial charge in [0.15, 0.2) is 5.13 Å². The van der Waals surface area contributed by atoms with E-state index < -0.39 is 11.7 Å². The largest absolute Gasteiger partial charge is 0.376 e. The molecule has 1 saturated heterocycles. The number of carbonyl (C=O) groups is 3. The Hall–Kier alpha value is -2.85. The second-order valence-corrected chi connectivity index (χ2v) is 7.68. The number of aromatic nitrogens is 1. The Morgan fingerprint density at radius 1 is 1.20 bits per heavy atom. The number of rotatable bonds is 9. The summed E-state index contributed by atoms with van der Waals surface area (Å²) in [6, 6.07) is 5.29. The molecule has 160 valence electrons. The highest BCUT2D eigenvalue weighted by Crippen LogP contribution is 2.17. The summed E-state index contributed by atoms with van der Waals surface area (Å²) in [6.45, 7) is 0.829. The first-order valence-corrected chi connectivity index (χ1v) is 10.5. The minimum atomic E-state index is -0.447. The Balaban J connectivity index is 1.58. The van der Waals surface area contributed by atoms with Crippen LogP contribution in [0.15, 0.2) is 35.8 Å². The maximum Gasteiger partial charge on any atom is 0.240 e. The number of hydrogen-bond acceptors (Lipinski definition) is 6. The van der Waals surface area contributed by atoms with Crippen molar-refractivity contribution in [2.24, 2.45) is 0 Å². The molecule has 8 nitrogen and oxygen atoms in total. The SMILES string of the molecule is O=C(CN(C(=O)CCC(=O)Nc1nccs1)c1ccc(F)cc1)NC[C@@H]1CCCO1. The first kappa shape index (κ1) is 21.8. The maximum absolute atomic E-state index is 13.3. The molecular weight excluding hydrogens is 411 g/mol. The second kappa shape index (κ2) is 10.8. The lowest BCUT2D eigenvalue weighted by Gasteiger charge is -2.23. The van der Waals surface area contributed by atoms with E-state index >= 15 is 0 Å². The first-order chi connectivity index (χ1) is 14.5. The van der Waals surface area contributed by atoms with Gasteiger partial charge < -0.3 is 20.3 Å². The number of amides is 3. The maximum atomic E-state index is 13.3. The summed E-state index contributed by atoms with van der Waals surface area (Å²) in [5.74, 6) is -1.56. The van der Waals surface area contributed by atoms with Gasteiger partial charge in [0.1, 0.15) is 12.4 Å². The van der Waals surface area contributed by atoms with Gasteiger partial charge in [0, 0.05) is 43.3 Å². The number of halogens is 1. The van der Waals surface area contributed by atoms with Crippen LogP contribution in [0.1, 0.15) is 25.7 Å². The quantitative estimate of drug-likeness (QED) is 0.631. The Kier molecular flexibility index (Phi) is 7.86. The third-order valence-corrected chi connectivity index (χ3v) is 5.23. The predicted octanol–water partition coefficient (Wildman–Crippen LogP) is 2.33. The number of thiazole rings is 1. The van der Waals surface area contributed by atoms with E-state index in [1.165, 1.54) is 40.5 Å². The van der Waals surface area contributed by atoms with Crippen LogP contribution in [0.25, 0.3) is 0 Å². The molecule has 30 heavy (non-hydrogen) atoms. The van der Waals surface area contributed by atoms with Crippen LogP contribution in [0.2, 0.25) is 0 Å². The van der Waals surface area contributed by atoms with Crippen molar-refractivity contribution in [2.45, 2.75) is 31.8 Å². The van der Waals surface area contributed by atoms with Gasteiger partial charge in [0.05, 0.1) is 6.10 Å². The Morgan fingerprint density at radius 2 is 2.00 bits per heavy atom. The molecule has 10 heteroatoms. The first-order valence-electron chi connectivity index (χ1n) is 9.65. The molecule has 0 bridgehead atoms. The highest BCUT2D eigenvalue weighted by molar-refractivity contribution is 7.13. The molecule has 2 heterocycles. The molecule has 3 rings (SSSR count). The number of nitrogens with one attached hydrogen (secondary N) is 2. The smallest absolute Gasteiger partial charge is 0.240 e. The van der Waals surface area contributed by atoms with Gasteiger partial charge in [-0.15, -0.1) is 11.3 Å². The van der Waals surface area contributed by atoms with Crippen LogP contribution < -0.4 is 15.5 Å². The zero-order valence-electron chi connectivity index (χ0n) is 16.3. The van der Waals surface area contributed by atoms with Gasteiger partial charge in [-0.05, 0) is 37.1 Å². The van der Waals surface area contributed by atoms with Gasteiger partial charge in [0.2, 0.25) is 17.7 Å². The number of ether oxygens (including phenoxy) is 1. The zero-order valence-corrected chi connectivity index (χ0v) is 17.1. The van der Waals surface area contributed by atoms with Crippen LogP contribution in [0.5, 0.6) is 0 Å². The molecule has 1 fully saturated rings. The van der Waals surface area contributed by atoms with E-state index in [2.05, 4.69) is 15.6 Å². The molecular formula is C20H23FN4O4S. The molecule has 0 unspecified atom stereocenters. The number of benzene rings is 1. The van der Waals surface area contributed by atoms with E-state index in [4.69, 9.17) is 4.74 Å². The molecule has 2 aromatic rings. The topological polar surface area (TPSA) is 101 Å². The molecule has 3 amide bonds. The van der Waals surface area contributed by atoms with E-state index in [0.29, 0.717) is 24.0 Å². The summed E-state index contributed by atoms with van der Waals surface area (Å²) in [5.41, 5.74) is 0.383. The lowest BCUT2D eigenvalue weighted by Crippen LogP contribution is -2.43. The number of nitrogens with zero attached hydrogens (tertiary/aromatic N) is 2. The predicted molar refractivity (Wildman–Crippen MR) is 111 cm³/mol.